The van der Waals surface area contributed by atoms with Crippen molar-refractivity contribution in [3.05, 3.63) is 64.7 Å². The van der Waals surface area contributed by atoms with E-state index in [-0.39, 0.29) is 6.79 Å². The van der Waals surface area contributed by atoms with Gasteiger partial charge in [0.1, 0.15) is 5.75 Å². The third-order valence-electron chi connectivity index (χ3n) is 2.47. The van der Waals surface area contributed by atoms with Gasteiger partial charge >= 0.3 is 0 Å². The third-order valence-corrected chi connectivity index (χ3v) is 2.77. The van der Waals surface area contributed by atoms with E-state index < -0.39 is 0 Å². The van der Waals surface area contributed by atoms with Gasteiger partial charge in [-0.05, 0) is 23.8 Å². The third kappa shape index (κ3) is 3.99. The first-order valence-electron chi connectivity index (χ1n) is 5.74. The Hall–Kier alpha value is -2.02. The molecule has 19 heavy (non-hydrogen) atoms. The highest BCUT2D eigenvalue weighted by atomic mass is 35.5. The molecule has 0 unspecified atom stereocenters. The van der Waals surface area contributed by atoms with Crippen LogP contribution in [0.4, 0.5) is 0 Å². The Kier molecular flexibility index (Phi) is 4.79. The van der Waals surface area contributed by atoms with Crippen LogP contribution in [0.5, 0.6) is 5.75 Å². The van der Waals surface area contributed by atoms with Gasteiger partial charge in [-0.1, -0.05) is 41.9 Å². The summed E-state index contributed by atoms with van der Waals surface area (Å²) in [6.07, 6.45) is 0. The molecule has 0 heterocycles. The molecule has 0 aromatic heterocycles. The van der Waals surface area contributed by atoms with Crippen LogP contribution >= 0.6 is 11.6 Å². The Balaban J connectivity index is 1.82. The van der Waals surface area contributed by atoms with Crippen molar-refractivity contribution in [3.8, 4) is 11.8 Å². The van der Waals surface area contributed by atoms with Crippen molar-refractivity contribution in [2.24, 2.45) is 0 Å². The van der Waals surface area contributed by atoms with Gasteiger partial charge in [0.15, 0.2) is 6.79 Å². The fraction of sp³-hybridized carbons (Fsp3) is 0.133. The first-order chi connectivity index (χ1) is 9.29. The number of ether oxygens (including phenoxy) is 2. The second kappa shape index (κ2) is 6.79. The molecule has 0 aliphatic rings. The molecule has 0 bridgehead atoms. The Bertz CT molecular complexity index is 578. The van der Waals surface area contributed by atoms with Crippen LogP contribution in [-0.4, -0.2) is 6.79 Å². The molecule has 3 nitrogen and oxygen atoms in total. The summed E-state index contributed by atoms with van der Waals surface area (Å²) < 4.78 is 10.8. The topological polar surface area (TPSA) is 42.2 Å². The average Bonchev–Trinajstić information content (AvgIpc) is 2.46. The molecule has 2 aromatic rings. The molecule has 0 aliphatic carbocycles. The summed E-state index contributed by atoms with van der Waals surface area (Å²) in [5, 5.41) is 9.12. The van der Waals surface area contributed by atoms with Gasteiger partial charge in [0.25, 0.3) is 0 Å². The van der Waals surface area contributed by atoms with E-state index in [1.165, 1.54) is 0 Å². The number of rotatable bonds is 5. The van der Waals surface area contributed by atoms with Crippen molar-refractivity contribution < 1.29 is 9.47 Å². The molecule has 0 radical (unpaired) electrons. The molecule has 0 N–H and O–H groups in total. The quantitative estimate of drug-likeness (QED) is 0.615. The van der Waals surface area contributed by atoms with Crippen LogP contribution in [-0.2, 0) is 11.3 Å². The monoisotopic (exact) mass is 273 g/mol. The van der Waals surface area contributed by atoms with Crippen LogP contribution in [0.25, 0.3) is 0 Å². The fourth-order valence-corrected chi connectivity index (χ4v) is 1.76. The van der Waals surface area contributed by atoms with Crippen molar-refractivity contribution in [2.75, 3.05) is 6.79 Å². The van der Waals surface area contributed by atoms with Crippen LogP contribution in [0, 0.1) is 11.3 Å². The second-order valence-corrected chi connectivity index (χ2v) is 4.26. The van der Waals surface area contributed by atoms with Crippen LogP contribution < -0.4 is 4.74 Å². The van der Waals surface area contributed by atoms with E-state index in [9.17, 15) is 0 Å². The molecule has 0 amide bonds. The lowest BCUT2D eigenvalue weighted by Crippen LogP contribution is -2.03. The maximum Gasteiger partial charge on any atom is 0.189 e. The fourth-order valence-electron chi connectivity index (χ4n) is 1.53. The normalized spacial score (nSPS) is 9.89. The van der Waals surface area contributed by atoms with E-state index in [0.717, 1.165) is 5.56 Å². The van der Waals surface area contributed by atoms with Gasteiger partial charge in [0.05, 0.1) is 23.3 Å². The number of nitrogens with zero attached hydrogens (tertiary/aromatic N) is 1. The molecule has 0 atom stereocenters. The molecule has 0 saturated heterocycles. The van der Waals surface area contributed by atoms with Gasteiger partial charge in [-0.25, -0.2) is 0 Å². The van der Waals surface area contributed by atoms with E-state index >= 15 is 0 Å². The van der Waals surface area contributed by atoms with Crippen molar-refractivity contribution in [3.63, 3.8) is 0 Å². The van der Waals surface area contributed by atoms with Gasteiger partial charge in [-0.15, -0.1) is 0 Å². The molecule has 0 saturated carbocycles. The van der Waals surface area contributed by atoms with Crippen LogP contribution in [0.15, 0.2) is 48.5 Å². The minimum Gasteiger partial charge on any atom is -0.466 e. The number of benzene rings is 2. The summed E-state index contributed by atoms with van der Waals surface area (Å²) in [5.74, 6) is 0.508. The molecular weight excluding hydrogens is 262 g/mol. The van der Waals surface area contributed by atoms with Crippen molar-refractivity contribution in [1.29, 1.82) is 5.26 Å². The highest BCUT2D eigenvalue weighted by Crippen LogP contribution is 2.25. The molecular formula is C15H12ClNO2. The lowest BCUT2D eigenvalue weighted by Gasteiger charge is -2.08. The molecule has 4 heteroatoms. The highest BCUT2D eigenvalue weighted by molar-refractivity contribution is 6.32. The zero-order valence-electron chi connectivity index (χ0n) is 10.2. The first-order valence-corrected chi connectivity index (χ1v) is 6.11. The summed E-state index contributed by atoms with van der Waals surface area (Å²) in [6, 6.07) is 16.7. The van der Waals surface area contributed by atoms with Crippen molar-refractivity contribution in [2.45, 2.75) is 6.61 Å². The summed E-state index contributed by atoms with van der Waals surface area (Å²) in [5.41, 5.74) is 1.58. The Morgan fingerprint density at radius 2 is 1.89 bits per heavy atom. The zero-order chi connectivity index (χ0) is 13.5. The predicted octanol–water partition coefficient (Wildman–Crippen LogP) is 3.76. The minimum absolute atomic E-state index is 0.112. The number of halogens is 1. The smallest absolute Gasteiger partial charge is 0.189 e. The summed E-state index contributed by atoms with van der Waals surface area (Å²) in [4.78, 5) is 0. The maximum atomic E-state index is 8.72. The standard InChI is InChI=1S/C15H12ClNO2/c16-14-8-13(9-17)6-7-15(14)19-11-18-10-12-4-2-1-3-5-12/h1-8H,10-11H2. The first kappa shape index (κ1) is 13.4. The highest BCUT2D eigenvalue weighted by Gasteiger charge is 2.02. The SMILES string of the molecule is N#Cc1ccc(OCOCc2ccccc2)c(Cl)c1. The van der Waals surface area contributed by atoms with Gasteiger partial charge < -0.3 is 9.47 Å². The van der Waals surface area contributed by atoms with E-state index in [2.05, 4.69) is 0 Å². The molecule has 0 fully saturated rings. The molecule has 0 aliphatic heterocycles. The van der Waals surface area contributed by atoms with E-state index in [0.29, 0.717) is 22.9 Å². The van der Waals surface area contributed by atoms with Crippen LogP contribution in [0.3, 0.4) is 0 Å². The molecule has 0 spiro atoms. The lowest BCUT2D eigenvalue weighted by atomic mass is 10.2. The van der Waals surface area contributed by atoms with E-state index in [1.807, 2.05) is 36.4 Å². The van der Waals surface area contributed by atoms with Crippen LogP contribution in [0.2, 0.25) is 5.02 Å². The Morgan fingerprint density at radius 3 is 2.58 bits per heavy atom. The lowest BCUT2D eigenvalue weighted by molar-refractivity contribution is 0.00510. The largest absolute Gasteiger partial charge is 0.466 e. The average molecular weight is 274 g/mol. The summed E-state index contributed by atoms with van der Waals surface area (Å²) >= 11 is 5.97. The zero-order valence-corrected chi connectivity index (χ0v) is 10.9. The number of hydrogen-bond donors (Lipinski definition) is 0. The van der Waals surface area contributed by atoms with Gasteiger partial charge in [0, 0.05) is 0 Å². The minimum atomic E-state index is 0.112. The number of nitriles is 1. The van der Waals surface area contributed by atoms with Gasteiger partial charge in [0.2, 0.25) is 0 Å². The number of hydrogen-bond acceptors (Lipinski definition) is 3. The molecule has 96 valence electrons. The maximum absolute atomic E-state index is 8.72. The summed E-state index contributed by atoms with van der Waals surface area (Å²) in [6.45, 7) is 0.593. The Morgan fingerprint density at radius 1 is 1.11 bits per heavy atom. The summed E-state index contributed by atoms with van der Waals surface area (Å²) in [7, 11) is 0. The molecule has 2 aromatic carbocycles. The van der Waals surface area contributed by atoms with E-state index in [4.69, 9.17) is 26.3 Å². The van der Waals surface area contributed by atoms with Gasteiger partial charge in [-0.2, -0.15) is 5.26 Å². The molecule has 2 rings (SSSR count). The Labute approximate surface area is 117 Å². The van der Waals surface area contributed by atoms with Crippen molar-refractivity contribution >= 4 is 11.6 Å². The van der Waals surface area contributed by atoms with E-state index in [1.54, 1.807) is 18.2 Å². The predicted molar refractivity (Wildman–Crippen MR) is 72.9 cm³/mol. The van der Waals surface area contributed by atoms with Crippen molar-refractivity contribution in [1.82, 2.24) is 0 Å². The van der Waals surface area contributed by atoms with Gasteiger partial charge in [-0.3, -0.25) is 0 Å². The van der Waals surface area contributed by atoms with Crippen LogP contribution in [0.1, 0.15) is 11.1 Å². The second-order valence-electron chi connectivity index (χ2n) is 3.85.